The van der Waals surface area contributed by atoms with Gasteiger partial charge < -0.3 is 10.0 Å². The van der Waals surface area contributed by atoms with Gasteiger partial charge in [0.2, 0.25) is 5.91 Å². The minimum Gasteiger partial charge on any atom is -0.387 e. The lowest BCUT2D eigenvalue weighted by Gasteiger charge is -2.31. The molecule has 2 aromatic carbocycles. The summed E-state index contributed by atoms with van der Waals surface area (Å²) in [5.74, 6) is -0.0616. The zero-order chi connectivity index (χ0) is 21.1. The number of benzene rings is 2. The largest absolute Gasteiger partial charge is 0.387 e. The summed E-state index contributed by atoms with van der Waals surface area (Å²) in [6.07, 6.45) is 4.90. The number of β-amino-alcohol motifs (C(OH)–C–C–N with tert-alkyl or cyclic N) is 1. The molecular formula is C25H29FN2O2. The van der Waals surface area contributed by atoms with Crippen LogP contribution in [0.2, 0.25) is 0 Å². The molecule has 0 fully saturated rings. The first-order chi connectivity index (χ1) is 14.5. The van der Waals surface area contributed by atoms with Gasteiger partial charge in [0.15, 0.2) is 0 Å². The van der Waals surface area contributed by atoms with Gasteiger partial charge in [-0.1, -0.05) is 37.3 Å². The van der Waals surface area contributed by atoms with Crippen molar-refractivity contribution >= 4 is 17.2 Å². The number of fused-ring (bicyclic) bond motifs is 1. The number of anilines is 1. The van der Waals surface area contributed by atoms with E-state index in [0.717, 1.165) is 61.3 Å². The molecule has 0 saturated heterocycles. The number of aliphatic hydroxyl groups excluding tert-OH is 1. The first-order valence-electron chi connectivity index (χ1n) is 10.8. The molecule has 2 aliphatic rings. The second kappa shape index (κ2) is 9.11. The fourth-order valence-corrected chi connectivity index (χ4v) is 4.43. The standard InChI is InChI=1S/C25H29FN2O2/c1-2-25(30)28-13-3-4-20-16-21(7-10-23(20)28)24(29)17-27-14-11-19(12-15-27)18-5-8-22(26)9-6-18/h5-11,16,24,29H,2-4,12-15,17H2,1H3/t24-/m0/s1. The molecule has 158 valence electrons. The number of aryl methyl sites for hydroxylation is 1. The van der Waals surface area contributed by atoms with Crippen molar-refractivity contribution in [3.8, 4) is 0 Å². The van der Waals surface area contributed by atoms with Gasteiger partial charge >= 0.3 is 0 Å². The third-order valence-electron chi connectivity index (χ3n) is 6.15. The van der Waals surface area contributed by atoms with Crippen LogP contribution in [0, 0.1) is 5.82 Å². The Labute approximate surface area is 177 Å². The Morgan fingerprint density at radius 3 is 2.63 bits per heavy atom. The average Bonchev–Trinajstić information content (AvgIpc) is 2.79. The molecule has 0 aliphatic carbocycles. The summed E-state index contributed by atoms with van der Waals surface area (Å²) in [5, 5.41) is 10.8. The van der Waals surface area contributed by atoms with Crippen molar-refractivity contribution in [1.82, 2.24) is 4.90 Å². The molecule has 4 rings (SSSR count). The second-order valence-corrected chi connectivity index (χ2v) is 8.15. The van der Waals surface area contributed by atoms with Crippen LogP contribution < -0.4 is 4.90 Å². The first kappa shape index (κ1) is 20.8. The lowest BCUT2D eigenvalue weighted by atomic mass is 9.96. The summed E-state index contributed by atoms with van der Waals surface area (Å²) < 4.78 is 13.1. The summed E-state index contributed by atoms with van der Waals surface area (Å²) in [7, 11) is 0. The number of halogens is 1. The third-order valence-corrected chi connectivity index (χ3v) is 6.15. The van der Waals surface area contributed by atoms with Gasteiger partial charge in [-0.3, -0.25) is 9.69 Å². The number of carbonyl (C=O) groups excluding carboxylic acids is 1. The maximum atomic E-state index is 13.1. The van der Waals surface area contributed by atoms with Gasteiger partial charge in [0.25, 0.3) is 0 Å². The number of carbonyl (C=O) groups is 1. The molecule has 0 saturated carbocycles. The van der Waals surface area contributed by atoms with Crippen molar-refractivity contribution in [3.05, 3.63) is 71.0 Å². The number of hydrogen-bond donors (Lipinski definition) is 1. The van der Waals surface area contributed by atoms with Gasteiger partial charge in [-0.25, -0.2) is 4.39 Å². The van der Waals surface area contributed by atoms with Gasteiger partial charge in [-0.15, -0.1) is 0 Å². The number of amides is 1. The van der Waals surface area contributed by atoms with Crippen LogP contribution in [0.3, 0.4) is 0 Å². The van der Waals surface area contributed by atoms with Crippen LogP contribution in [-0.4, -0.2) is 42.1 Å². The Morgan fingerprint density at radius 1 is 1.13 bits per heavy atom. The van der Waals surface area contributed by atoms with Gasteiger partial charge in [0, 0.05) is 38.3 Å². The normalized spacial score (nSPS) is 18.0. The molecule has 0 aromatic heterocycles. The summed E-state index contributed by atoms with van der Waals surface area (Å²) in [5.41, 5.74) is 5.35. The Bertz CT molecular complexity index is 939. The van der Waals surface area contributed by atoms with Crippen molar-refractivity contribution < 1.29 is 14.3 Å². The van der Waals surface area contributed by atoms with Crippen LogP contribution in [0.4, 0.5) is 10.1 Å². The van der Waals surface area contributed by atoms with Crippen molar-refractivity contribution in [2.75, 3.05) is 31.1 Å². The summed E-state index contributed by atoms with van der Waals surface area (Å²) in [4.78, 5) is 16.3. The van der Waals surface area contributed by atoms with E-state index in [1.54, 1.807) is 0 Å². The SMILES string of the molecule is CCC(=O)N1CCCc2cc([C@@H](O)CN3CC=C(c4ccc(F)cc4)CC3)ccc21. The Hall–Kier alpha value is -2.50. The maximum Gasteiger partial charge on any atom is 0.226 e. The molecule has 0 radical (unpaired) electrons. The van der Waals surface area contributed by atoms with E-state index < -0.39 is 6.10 Å². The molecule has 1 atom stereocenters. The van der Waals surface area contributed by atoms with Gasteiger partial charge in [-0.05, 0) is 59.7 Å². The number of nitrogens with zero attached hydrogens (tertiary/aromatic N) is 2. The third kappa shape index (κ3) is 4.47. The quantitative estimate of drug-likeness (QED) is 0.801. The van der Waals surface area contributed by atoms with Crippen LogP contribution in [0.15, 0.2) is 48.5 Å². The molecule has 4 nitrogen and oxygen atoms in total. The van der Waals surface area contributed by atoms with Crippen molar-refractivity contribution in [2.45, 2.75) is 38.7 Å². The van der Waals surface area contributed by atoms with Crippen LogP contribution in [0.25, 0.3) is 5.57 Å². The summed E-state index contributed by atoms with van der Waals surface area (Å²) >= 11 is 0. The zero-order valence-electron chi connectivity index (χ0n) is 17.5. The number of hydrogen-bond acceptors (Lipinski definition) is 3. The molecule has 2 heterocycles. The lowest BCUT2D eigenvalue weighted by Crippen LogP contribution is -2.35. The smallest absolute Gasteiger partial charge is 0.226 e. The molecule has 30 heavy (non-hydrogen) atoms. The van der Waals surface area contributed by atoms with Gasteiger partial charge in [0.05, 0.1) is 6.10 Å². The monoisotopic (exact) mass is 408 g/mol. The molecule has 2 aromatic rings. The van der Waals surface area contributed by atoms with E-state index in [1.807, 2.05) is 36.1 Å². The van der Waals surface area contributed by atoms with E-state index in [4.69, 9.17) is 0 Å². The fraction of sp³-hybridized carbons (Fsp3) is 0.400. The van der Waals surface area contributed by atoms with E-state index in [9.17, 15) is 14.3 Å². The van der Waals surface area contributed by atoms with Crippen LogP contribution >= 0.6 is 0 Å². The summed E-state index contributed by atoms with van der Waals surface area (Å²) in [6.45, 7) is 4.88. The molecule has 2 aliphatic heterocycles. The fourth-order valence-electron chi connectivity index (χ4n) is 4.43. The van der Waals surface area contributed by atoms with Crippen LogP contribution in [0.1, 0.15) is 49.0 Å². The van der Waals surface area contributed by atoms with Crippen LogP contribution in [0.5, 0.6) is 0 Å². The molecular weight excluding hydrogens is 379 g/mol. The number of rotatable bonds is 5. The summed E-state index contributed by atoms with van der Waals surface area (Å²) in [6, 6.07) is 12.7. The zero-order valence-corrected chi connectivity index (χ0v) is 17.5. The highest BCUT2D eigenvalue weighted by atomic mass is 19.1. The van der Waals surface area contributed by atoms with Gasteiger partial charge in [0.1, 0.15) is 5.82 Å². The highest BCUT2D eigenvalue weighted by molar-refractivity contribution is 5.94. The van der Waals surface area contributed by atoms with Crippen molar-refractivity contribution in [3.63, 3.8) is 0 Å². The molecule has 0 spiro atoms. The number of aliphatic hydroxyl groups is 1. The topological polar surface area (TPSA) is 43.8 Å². The molecule has 5 heteroatoms. The second-order valence-electron chi connectivity index (χ2n) is 8.15. The maximum absolute atomic E-state index is 13.1. The minimum atomic E-state index is -0.562. The van der Waals surface area contributed by atoms with Crippen molar-refractivity contribution in [2.24, 2.45) is 0 Å². The van der Waals surface area contributed by atoms with E-state index in [2.05, 4.69) is 17.0 Å². The predicted octanol–water partition coefficient (Wildman–Crippen LogP) is 4.34. The Morgan fingerprint density at radius 2 is 1.93 bits per heavy atom. The molecule has 1 amide bonds. The Balaban J connectivity index is 1.40. The van der Waals surface area contributed by atoms with E-state index in [-0.39, 0.29) is 11.7 Å². The predicted molar refractivity (Wildman–Crippen MR) is 118 cm³/mol. The van der Waals surface area contributed by atoms with E-state index in [0.29, 0.717) is 13.0 Å². The average molecular weight is 409 g/mol. The van der Waals surface area contributed by atoms with Gasteiger partial charge in [-0.2, -0.15) is 0 Å². The molecule has 0 unspecified atom stereocenters. The molecule has 0 bridgehead atoms. The lowest BCUT2D eigenvalue weighted by molar-refractivity contribution is -0.118. The van der Waals surface area contributed by atoms with E-state index >= 15 is 0 Å². The van der Waals surface area contributed by atoms with Crippen molar-refractivity contribution in [1.29, 1.82) is 0 Å². The molecule has 1 N–H and O–H groups in total. The minimum absolute atomic E-state index is 0.154. The van der Waals surface area contributed by atoms with E-state index in [1.165, 1.54) is 17.7 Å². The Kier molecular flexibility index (Phi) is 6.30. The highest BCUT2D eigenvalue weighted by Gasteiger charge is 2.23. The first-order valence-corrected chi connectivity index (χ1v) is 10.8. The van der Waals surface area contributed by atoms with Crippen LogP contribution in [-0.2, 0) is 11.2 Å². The highest BCUT2D eigenvalue weighted by Crippen LogP contribution is 2.31.